The third-order valence-corrected chi connectivity index (χ3v) is 6.76. The van der Waals surface area contributed by atoms with E-state index in [4.69, 9.17) is 18.6 Å². The molecule has 11 nitrogen and oxygen atoms in total. The number of esters is 2. The maximum absolute atomic E-state index is 12.7. The van der Waals surface area contributed by atoms with E-state index >= 15 is 0 Å². The molecule has 2 heterocycles. The second-order valence-electron chi connectivity index (χ2n) is 10.6. The van der Waals surface area contributed by atoms with Crippen LogP contribution in [0.4, 0.5) is 0 Å². The molecule has 1 aromatic heterocycles. The number of carbonyl (C=O) groups excluding carboxylic acids is 3. The van der Waals surface area contributed by atoms with Crippen LogP contribution in [0.25, 0.3) is 22.1 Å². The molecule has 0 spiro atoms. The van der Waals surface area contributed by atoms with Gasteiger partial charge in [-0.2, -0.15) is 0 Å². The first-order valence-electron chi connectivity index (χ1n) is 14.4. The summed E-state index contributed by atoms with van der Waals surface area (Å²) in [6.45, 7) is 4.51. The fourth-order valence-electron chi connectivity index (χ4n) is 4.73. The van der Waals surface area contributed by atoms with Crippen LogP contribution in [-0.2, 0) is 20.8 Å². The van der Waals surface area contributed by atoms with E-state index in [0.717, 1.165) is 23.3 Å². The van der Waals surface area contributed by atoms with Crippen molar-refractivity contribution in [2.24, 2.45) is 5.73 Å². The minimum atomic E-state index is -0.453. The van der Waals surface area contributed by atoms with Crippen molar-refractivity contribution in [1.82, 2.24) is 0 Å². The lowest BCUT2D eigenvalue weighted by atomic mass is 9.90. The van der Waals surface area contributed by atoms with Crippen LogP contribution < -0.4 is 25.4 Å². The van der Waals surface area contributed by atoms with Crippen molar-refractivity contribution in [2.45, 2.75) is 40.5 Å². The highest BCUT2D eigenvalue weighted by molar-refractivity contribution is 5.83. The molecule has 11 heteroatoms. The number of fused-ring (bicyclic) bond motifs is 2. The number of ether oxygens (including phenoxy) is 3. The molecule has 5 aromatic rings. The Bertz CT molecular complexity index is 1940. The average Bonchev–Trinajstić information content (AvgIpc) is 3.01. The fraction of sp³-hybridized carbons (Fsp3) is 0.189. The van der Waals surface area contributed by atoms with Crippen molar-refractivity contribution in [3.05, 3.63) is 113 Å². The van der Waals surface area contributed by atoms with Crippen molar-refractivity contribution in [3.8, 4) is 39.9 Å². The molecule has 4 N–H and O–H groups in total. The predicted octanol–water partition coefficient (Wildman–Crippen LogP) is 6.25. The zero-order chi connectivity index (χ0) is 34.1. The van der Waals surface area contributed by atoms with E-state index in [1.54, 1.807) is 54.6 Å². The molecule has 250 valence electrons. The van der Waals surface area contributed by atoms with Gasteiger partial charge in [0.25, 0.3) is 0 Å². The van der Waals surface area contributed by atoms with E-state index in [2.05, 4.69) is 5.73 Å². The second-order valence-corrected chi connectivity index (χ2v) is 10.6. The van der Waals surface area contributed by atoms with E-state index in [1.165, 1.54) is 39.2 Å². The average molecular weight is 656 g/mol. The Balaban J connectivity index is 0.000000239. The van der Waals surface area contributed by atoms with Gasteiger partial charge in [0.15, 0.2) is 5.43 Å². The predicted molar refractivity (Wildman–Crippen MR) is 180 cm³/mol. The first-order chi connectivity index (χ1) is 22.4. The van der Waals surface area contributed by atoms with Crippen LogP contribution in [0.2, 0.25) is 0 Å². The number of rotatable bonds is 4. The number of amides is 1. The van der Waals surface area contributed by atoms with Gasteiger partial charge in [0.05, 0.1) is 17.6 Å². The van der Waals surface area contributed by atoms with Gasteiger partial charge in [-0.3, -0.25) is 19.2 Å². The summed E-state index contributed by atoms with van der Waals surface area (Å²) in [6.07, 6.45) is 2.24. The van der Waals surface area contributed by atoms with Crippen LogP contribution in [0, 0.1) is 0 Å². The Morgan fingerprint density at radius 1 is 0.792 bits per heavy atom. The quantitative estimate of drug-likeness (QED) is 0.148. The lowest BCUT2D eigenvalue weighted by molar-refractivity contribution is -0.132. The van der Waals surface area contributed by atoms with Gasteiger partial charge in [0, 0.05) is 38.8 Å². The van der Waals surface area contributed by atoms with Gasteiger partial charge in [-0.05, 0) is 65.6 Å². The van der Waals surface area contributed by atoms with Gasteiger partial charge in [-0.15, -0.1) is 0 Å². The maximum Gasteiger partial charge on any atom is 0.308 e. The molecule has 1 unspecified atom stereocenters. The summed E-state index contributed by atoms with van der Waals surface area (Å²) in [6, 6.07) is 23.6. The van der Waals surface area contributed by atoms with E-state index in [0.29, 0.717) is 46.1 Å². The van der Waals surface area contributed by atoms with Crippen LogP contribution in [0.1, 0.15) is 45.2 Å². The molecule has 1 atom stereocenters. The van der Waals surface area contributed by atoms with E-state index in [-0.39, 0.29) is 30.3 Å². The van der Waals surface area contributed by atoms with Crippen LogP contribution in [0.15, 0.2) is 100 Å². The highest BCUT2D eigenvalue weighted by Gasteiger charge is 2.21. The van der Waals surface area contributed by atoms with E-state index < -0.39 is 11.9 Å². The summed E-state index contributed by atoms with van der Waals surface area (Å²) in [4.78, 5) is 43.8. The number of hydrogen-bond acceptors (Lipinski definition) is 10. The zero-order valence-corrected chi connectivity index (χ0v) is 25.9. The zero-order valence-electron chi connectivity index (χ0n) is 25.9. The highest BCUT2D eigenvalue weighted by Crippen LogP contribution is 2.35. The topological polar surface area (TPSA) is 176 Å². The number of aromatic hydroxyl groups is 2. The third kappa shape index (κ3) is 9.95. The van der Waals surface area contributed by atoms with Gasteiger partial charge < -0.3 is 34.6 Å². The van der Waals surface area contributed by atoms with Gasteiger partial charge >= 0.3 is 11.9 Å². The summed E-state index contributed by atoms with van der Waals surface area (Å²) in [5.41, 5.74) is 7.86. The minimum Gasteiger partial charge on any atom is -0.508 e. The van der Waals surface area contributed by atoms with Crippen LogP contribution >= 0.6 is 0 Å². The number of carbonyl (C=O) groups is 3. The first-order valence-corrected chi connectivity index (χ1v) is 14.4. The molecule has 4 aromatic carbocycles. The van der Waals surface area contributed by atoms with Crippen molar-refractivity contribution >= 4 is 28.8 Å². The molecule has 48 heavy (non-hydrogen) atoms. The summed E-state index contributed by atoms with van der Waals surface area (Å²) in [5.74, 6) is 1.08. The lowest BCUT2D eigenvalue weighted by Gasteiger charge is -2.25. The summed E-state index contributed by atoms with van der Waals surface area (Å²) < 4.78 is 21.1. The van der Waals surface area contributed by atoms with Crippen molar-refractivity contribution in [2.75, 3.05) is 6.61 Å². The summed E-state index contributed by atoms with van der Waals surface area (Å²) in [7, 11) is 0. The molecule has 0 bridgehead atoms. The number of primary amides is 1. The molecule has 0 radical (unpaired) electrons. The molecule has 1 amide bonds. The van der Waals surface area contributed by atoms with Crippen LogP contribution in [-0.4, -0.2) is 34.7 Å². The summed E-state index contributed by atoms with van der Waals surface area (Å²) in [5, 5.41) is 19.1. The van der Waals surface area contributed by atoms with Crippen LogP contribution in [0.5, 0.6) is 28.7 Å². The smallest absolute Gasteiger partial charge is 0.308 e. The van der Waals surface area contributed by atoms with Gasteiger partial charge in [0.1, 0.15) is 40.6 Å². The summed E-state index contributed by atoms with van der Waals surface area (Å²) >= 11 is 0. The SMILES string of the molecule is C.CC(=O)Oc1ccc(-c2coc3cc(OC(C)=O)ccc3c2=O)cc1.CC(N)=O.Oc1ccc(C2COc3cc(O)ccc3C2)cc1. The number of phenols is 2. The minimum absolute atomic E-state index is 0. The molecular weight excluding hydrogens is 618 g/mol. The normalized spacial score (nSPS) is 12.7. The highest BCUT2D eigenvalue weighted by atomic mass is 16.5. The number of nitrogens with two attached hydrogens (primary N) is 1. The molecule has 0 saturated carbocycles. The van der Waals surface area contributed by atoms with Crippen LogP contribution in [0.3, 0.4) is 0 Å². The molecule has 0 fully saturated rings. The molecule has 0 saturated heterocycles. The Morgan fingerprint density at radius 3 is 2.00 bits per heavy atom. The Labute approximate surface area is 277 Å². The third-order valence-electron chi connectivity index (χ3n) is 6.76. The maximum atomic E-state index is 12.7. The van der Waals surface area contributed by atoms with Crippen molar-refractivity contribution < 1.29 is 43.2 Å². The van der Waals surface area contributed by atoms with Crippen molar-refractivity contribution in [3.63, 3.8) is 0 Å². The Kier molecular flexibility index (Phi) is 12.5. The van der Waals surface area contributed by atoms with Crippen molar-refractivity contribution in [1.29, 1.82) is 0 Å². The van der Waals surface area contributed by atoms with E-state index in [9.17, 15) is 29.4 Å². The Morgan fingerprint density at radius 2 is 1.38 bits per heavy atom. The molecule has 0 aliphatic carbocycles. The largest absolute Gasteiger partial charge is 0.508 e. The number of phenolic OH excluding ortho intramolecular Hbond substituents is 2. The second kappa shape index (κ2) is 16.5. The van der Waals surface area contributed by atoms with Gasteiger partial charge in [-0.25, -0.2) is 0 Å². The standard InChI is InChI=1S/C19H14O6.C15H14O3.C2H5NO.CH4/c1-11(20)24-14-5-3-13(4-6-14)17-10-23-18-9-15(25-12(2)21)7-8-16(18)19(17)22;16-13-4-1-10(2-5-13)12-7-11-3-6-14(17)8-15(11)18-9-12;1-2(3)4;/h3-10H,1-2H3;1-6,8,12,16-17H,7,9H2;1H3,(H2,3,4);1H4. The lowest BCUT2D eigenvalue weighted by Crippen LogP contribution is -2.18. The Hall–Kier alpha value is -6.10. The molecule has 1 aliphatic heterocycles. The monoisotopic (exact) mass is 655 g/mol. The molecule has 6 rings (SSSR count). The molecule has 1 aliphatic rings. The first kappa shape index (κ1) is 36.4. The number of benzene rings is 4. The van der Waals surface area contributed by atoms with E-state index in [1.807, 2.05) is 18.2 Å². The number of hydrogen-bond donors (Lipinski definition) is 3. The van der Waals surface area contributed by atoms with Gasteiger partial charge in [-0.1, -0.05) is 37.8 Å². The fourth-order valence-corrected chi connectivity index (χ4v) is 4.73. The van der Waals surface area contributed by atoms with Gasteiger partial charge in [0.2, 0.25) is 5.91 Å². The molecular formula is C37H37NO10.